The summed E-state index contributed by atoms with van der Waals surface area (Å²) in [6, 6.07) is 6.06. The molecule has 1 saturated heterocycles. The SMILES string of the molecule is CC(C)C(NC(=O)c1ccc(Cl)cc1)C(=O)NCC1CNC1. The zero-order valence-electron chi connectivity index (χ0n) is 12.9. The zero-order chi connectivity index (χ0) is 16.1. The van der Waals surface area contributed by atoms with Crippen LogP contribution in [0.4, 0.5) is 0 Å². The molecule has 1 heterocycles. The van der Waals surface area contributed by atoms with Crippen LogP contribution in [0.1, 0.15) is 24.2 Å². The molecule has 0 radical (unpaired) electrons. The van der Waals surface area contributed by atoms with E-state index in [0.717, 1.165) is 13.1 Å². The van der Waals surface area contributed by atoms with Crippen molar-refractivity contribution >= 4 is 23.4 Å². The van der Waals surface area contributed by atoms with Crippen LogP contribution in [-0.4, -0.2) is 37.5 Å². The van der Waals surface area contributed by atoms with E-state index >= 15 is 0 Å². The average Bonchev–Trinajstić information content (AvgIpc) is 2.43. The fraction of sp³-hybridized carbons (Fsp3) is 0.500. The molecule has 22 heavy (non-hydrogen) atoms. The molecule has 3 N–H and O–H groups in total. The summed E-state index contributed by atoms with van der Waals surface area (Å²) in [5, 5.41) is 9.46. The third kappa shape index (κ3) is 4.45. The highest BCUT2D eigenvalue weighted by Gasteiger charge is 2.26. The van der Waals surface area contributed by atoms with Gasteiger partial charge in [-0.25, -0.2) is 0 Å². The molecule has 0 aromatic heterocycles. The Hall–Kier alpha value is -1.59. The lowest BCUT2D eigenvalue weighted by Gasteiger charge is -2.29. The molecule has 2 amide bonds. The predicted octanol–water partition coefficient (Wildman–Crippen LogP) is 1.43. The van der Waals surface area contributed by atoms with Crippen molar-refractivity contribution in [3.05, 3.63) is 34.9 Å². The number of amides is 2. The monoisotopic (exact) mass is 323 g/mol. The molecular weight excluding hydrogens is 302 g/mol. The number of halogens is 1. The van der Waals surface area contributed by atoms with Crippen LogP contribution < -0.4 is 16.0 Å². The topological polar surface area (TPSA) is 70.2 Å². The number of hydrogen-bond donors (Lipinski definition) is 3. The summed E-state index contributed by atoms with van der Waals surface area (Å²) in [5.41, 5.74) is 0.492. The van der Waals surface area contributed by atoms with E-state index in [2.05, 4.69) is 16.0 Å². The molecule has 0 bridgehead atoms. The van der Waals surface area contributed by atoms with Gasteiger partial charge in [0.05, 0.1) is 0 Å². The molecular formula is C16H22ClN3O2. The van der Waals surface area contributed by atoms with Crippen molar-refractivity contribution in [1.82, 2.24) is 16.0 Å². The van der Waals surface area contributed by atoms with Gasteiger partial charge in [0.2, 0.25) is 5.91 Å². The summed E-state index contributed by atoms with van der Waals surface area (Å²) in [7, 11) is 0. The quantitative estimate of drug-likeness (QED) is 0.741. The Morgan fingerprint density at radius 3 is 2.41 bits per heavy atom. The van der Waals surface area contributed by atoms with Crippen molar-refractivity contribution in [2.75, 3.05) is 19.6 Å². The Morgan fingerprint density at radius 2 is 1.91 bits per heavy atom. The average molecular weight is 324 g/mol. The molecule has 1 atom stereocenters. The first-order valence-electron chi connectivity index (χ1n) is 7.52. The molecule has 1 aliphatic rings. The lowest BCUT2D eigenvalue weighted by Crippen LogP contribution is -2.53. The van der Waals surface area contributed by atoms with E-state index in [0.29, 0.717) is 23.0 Å². The number of hydrogen-bond acceptors (Lipinski definition) is 3. The maximum atomic E-state index is 12.3. The van der Waals surface area contributed by atoms with Gasteiger partial charge in [0.25, 0.3) is 5.91 Å². The van der Waals surface area contributed by atoms with Crippen molar-refractivity contribution in [2.24, 2.45) is 11.8 Å². The van der Waals surface area contributed by atoms with E-state index in [1.807, 2.05) is 13.8 Å². The molecule has 6 heteroatoms. The molecule has 1 fully saturated rings. The molecule has 5 nitrogen and oxygen atoms in total. The Morgan fingerprint density at radius 1 is 1.27 bits per heavy atom. The van der Waals surface area contributed by atoms with Crippen molar-refractivity contribution < 1.29 is 9.59 Å². The summed E-state index contributed by atoms with van der Waals surface area (Å²) < 4.78 is 0. The molecule has 0 spiro atoms. The number of nitrogens with one attached hydrogen (secondary N) is 3. The molecule has 1 unspecified atom stereocenters. The van der Waals surface area contributed by atoms with Gasteiger partial charge in [-0.1, -0.05) is 25.4 Å². The fourth-order valence-corrected chi connectivity index (χ4v) is 2.33. The van der Waals surface area contributed by atoms with Gasteiger partial charge in [-0.2, -0.15) is 0 Å². The van der Waals surface area contributed by atoms with E-state index in [-0.39, 0.29) is 17.7 Å². The first kappa shape index (κ1) is 16.8. The highest BCUT2D eigenvalue weighted by Crippen LogP contribution is 2.11. The predicted molar refractivity (Wildman–Crippen MR) is 86.9 cm³/mol. The van der Waals surface area contributed by atoms with Crippen molar-refractivity contribution in [3.8, 4) is 0 Å². The standard InChI is InChI=1S/C16H22ClN3O2/c1-10(2)14(16(22)19-9-11-7-18-8-11)20-15(21)12-3-5-13(17)6-4-12/h3-6,10-11,14,18H,7-9H2,1-2H3,(H,19,22)(H,20,21). The maximum absolute atomic E-state index is 12.3. The van der Waals surface area contributed by atoms with Gasteiger partial charge in [-0.3, -0.25) is 9.59 Å². The summed E-state index contributed by atoms with van der Waals surface area (Å²) in [4.78, 5) is 24.5. The van der Waals surface area contributed by atoms with Crippen LogP contribution in [0.15, 0.2) is 24.3 Å². The van der Waals surface area contributed by atoms with Crippen LogP contribution >= 0.6 is 11.6 Å². The number of rotatable bonds is 6. The van der Waals surface area contributed by atoms with Crippen LogP contribution in [0.25, 0.3) is 0 Å². The minimum Gasteiger partial charge on any atom is -0.354 e. The molecule has 120 valence electrons. The lowest BCUT2D eigenvalue weighted by atomic mass is 10.0. The Bertz CT molecular complexity index is 527. The lowest BCUT2D eigenvalue weighted by molar-refractivity contribution is -0.124. The molecule has 1 aliphatic heterocycles. The summed E-state index contributed by atoms with van der Waals surface area (Å²) in [6.45, 7) is 6.34. The third-order valence-electron chi connectivity index (χ3n) is 3.77. The van der Waals surface area contributed by atoms with E-state index in [1.165, 1.54) is 0 Å². The second kappa shape index (κ2) is 7.61. The number of benzene rings is 1. The Labute approximate surface area is 135 Å². The fourth-order valence-electron chi connectivity index (χ4n) is 2.21. The minimum absolute atomic E-state index is 0.00997. The first-order valence-corrected chi connectivity index (χ1v) is 7.90. The van der Waals surface area contributed by atoms with Crippen LogP contribution in [-0.2, 0) is 4.79 Å². The highest BCUT2D eigenvalue weighted by atomic mass is 35.5. The maximum Gasteiger partial charge on any atom is 0.251 e. The van der Waals surface area contributed by atoms with Crippen LogP contribution in [0.3, 0.4) is 0 Å². The first-order chi connectivity index (χ1) is 10.5. The Balaban J connectivity index is 1.93. The summed E-state index contributed by atoms with van der Waals surface area (Å²) in [5.74, 6) is 0.0968. The largest absolute Gasteiger partial charge is 0.354 e. The van der Waals surface area contributed by atoms with Crippen molar-refractivity contribution in [1.29, 1.82) is 0 Å². The van der Waals surface area contributed by atoms with E-state index in [9.17, 15) is 9.59 Å². The smallest absolute Gasteiger partial charge is 0.251 e. The highest BCUT2D eigenvalue weighted by molar-refractivity contribution is 6.30. The van der Waals surface area contributed by atoms with Crippen LogP contribution in [0.2, 0.25) is 5.02 Å². The van der Waals surface area contributed by atoms with Gasteiger partial charge in [-0.05, 0) is 30.2 Å². The van der Waals surface area contributed by atoms with Crippen molar-refractivity contribution in [3.63, 3.8) is 0 Å². The van der Waals surface area contributed by atoms with Gasteiger partial charge in [0, 0.05) is 36.1 Å². The van der Waals surface area contributed by atoms with Gasteiger partial charge in [0.1, 0.15) is 6.04 Å². The van der Waals surface area contributed by atoms with Crippen molar-refractivity contribution in [2.45, 2.75) is 19.9 Å². The minimum atomic E-state index is -0.545. The van der Waals surface area contributed by atoms with Gasteiger partial charge in [-0.15, -0.1) is 0 Å². The van der Waals surface area contributed by atoms with Crippen LogP contribution in [0, 0.1) is 11.8 Å². The van der Waals surface area contributed by atoms with E-state index < -0.39 is 6.04 Å². The summed E-state index contributed by atoms with van der Waals surface area (Å²) >= 11 is 5.81. The normalized spacial score (nSPS) is 16.0. The second-order valence-electron chi connectivity index (χ2n) is 5.97. The van der Waals surface area contributed by atoms with E-state index in [4.69, 9.17) is 11.6 Å². The van der Waals surface area contributed by atoms with Gasteiger partial charge < -0.3 is 16.0 Å². The third-order valence-corrected chi connectivity index (χ3v) is 4.03. The molecule has 0 saturated carbocycles. The van der Waals surface area contributed by atoms with E-state index in [1.54, 1.807) is 24.3 Å². The molecule has 1 aromatic rings. The summed E-state index contributed by atoms with van der Waals surface area (Å²) in [6.07, 6.45) is 0. The van der Waals surface area contributed by atoms with Crippen LogP contribution in [0.5, 0.6) is 0 Å². The Kier molecular flexibility index (Phi) is 5.80. The molecule has 0 aliphatic carbocycles. The zero-order valence-corrected chi connectivity index (χ0v) is 13.6. The van der Waals surface area contributed by atoms with Gasteiger partial charge >= 0.3 is 0 Å². The number of carbonyl (C=O) groups excluding carboxylic acids is 2. The number of carbonyl (C=O) groups is 2. The molecule has 1 aromatic carbocycles. The molecule has 2 rings (SSSR count). The van der Waals surface area contributed by atoms with Gasteiger partial charge in [0.15, 0.2) is 0 Å². The second-order valence-corrected chi connectivity index (χ2v) is 6.41.